The molecule has 0 bridgehead atoms. The molecule has 1 aromatic carbocycles. The molecule has 0 saturated heterocycles. The predicted molar refractivity (Wildman–Crippen MR) is 86.5 cm³/mol. The first-order valence-corrected chi connectivity index (χ1v) is 7.27. The number of aromatic nitrogens is 3. The smallest absolute Gasteiger partial charge is 0.307 e. The van der Waals surface area contributed by atoms with E-state index in [1.807, 2.05) is 53.4 Å². The van der Waals surface area contributed by atoms with Gasteiger partial charge in [-0.1, -0.05) is 12.1 Å². The molecule has 0 atom stereocenters. The fourth-order valence-electron chi connectivity index (χ4n) is 2.23. The second-order valence-electron chi connectivity index (χ2n) is 5.19. The van der Waals surface area contributed by atoms with Gasteiger partial charge in [0.15, 0.2) is 0 Å². The lowest BCUT2D eigenvalue weighted by molar-refractivity contribution is -0.385. The van der Waals surface area contributed by atoms with E-state index in [2.05, 4.69) is 10.4 Å². The van der Waals surface area contributed by atoms with Gasteiger partial charge in [0.05, 0.1) is 4.92 Å². The number of amides is 1. The maximum absolute atomic E-state index is 11.9. The van der Waals surface area contributed by atoms with Gasteiger partial charge in [0.25, 0.3) is 0 Å². The van der Waals surface area contributed by atoms with Crippen molar-refractivity contribution in [3.8, 4) is 5.69 Å². The first kappa shape index (κ1) is 15.5. The summed E-state index contributed by atoms with van der Waals surface area (Å²) in [6.45, 7) is 0.323. The number of hydrogen-bond donors (Lipinski definition) is 1. The van der Waals surface area contributed by atoms with Crippen molar-refractivity contribution >= 4 is 11.6 Å². The second-order valence-corrected chi connectivity index (χ2v) is 5.19. The minimum absolute atomic E-state index is 0.0602. The number of nitrogens with one attached hydrogen (secondary N) is 1. The van der Waals surface area contributed by atoms with Crippen molar-refractivity contribution in [1.29, 1.82) is 0 Å². The van der Waals surface area contributed by atoms with E-state index < -0.39 is 4.92 Å². The van der Waals surface area contributed by atoms with Crippen LogP contribution in [0.25, 0.3) is 5.69 Å². The summed E-state index contributed by atoms with van der Waals surface area (Å²) in [5, 5.41) is 17.1. The summed E-state index contributed by atoms with van der Waals surface area (Å²) in [5.41, 5.74) is 1.87. The van der Waals surface area contributed by atoms with Crippen molar-refractivity contribution in [1.82, 2.24) is 19.7 Å². The summed E-state index contributed by atoms with van der Waals surface area (Å²) in [7, 11) is 0. The summed E-state index contributed by atoms with van der Waals surface area (Å²) < 4.78 is 3.23. The van der Waals surface area contributed by atoms with Gasteiger partial charge in [-0.05, 0) is 29.8 Å². The molecule has 0 saturated carbocycles. The normalized spacial score (nSPS) is 10.5. The molecule has 8 nitrogen and oxygen atoms in total. The van der Waals surface area contributed by atoms with E-state index in [-0.39, 0.29) is 18.1 Å². The fraction of sp³-hybridized carbons (Fsp3) is 0.125. The Balaban J connectivity index is 1.53. The Morgan fingerprint density at radius 2 is 1.92 bits per heavy atom. The van der Waals surface area contributed by atoms with Gasteiger partial charge in [-0.2, -0.15) is 5.10 Å². The van der Waals surface area contributed by atoms with Gasteiger partial charge in [-0.25, -0.2) is 0 Å². The third kappa shape index (κ3) is 3.67. The van der Waals surface area contributed by atoms with E-state index in [0.29, 0.717) is 6.54 Å². The zero-order valence-electron chi connectivity index (χ0n) is 12.7. The zero-order valence-corrected chi connectivity index (χ0v) is 12.7. The van der Waals surface area contributed by atoms with Crippen LogP contribution in [0, 0.1) is 10.1 Å². The molecule has 2 aromatic heterocycles. The van der Waals surface area contributed by atoms with Crippen molar-refractivity contribution in [3.05, 3.63) is 76.9 Å². The van der Waals surface area contributed by atoms with Crippen LogP contribution < -0.4 is 5.32 Å². The maximum atomic E-state index is 11.9. The molecule has 3 aromatic rings. The van der Waals surface area contributed by atoms with Crippen molar-refractivity contribution in [2.75, 3.05) is 0 Å². The quantitative estimate of drug-likeness (QED) is 0.553. The van der Waals surface area contributed by atoms with Gasteiger partial charge in [0.1, 0.15) is 18.9 Å². The SMILES string of the molecule is O=C(Cn1cc([N+](=O)[O-])cn1)NCc1ccc(-n2cccc2)cc1. The molecule has 0 spiro atoms. The Kier molecular flexibility index (Phi) is 4.37. The highest BCUT2D eigenvalue weighted by atomic mass is 16.6. The average Bonchev–Trinajstić information content (AvgIpc) is 3.25. The van der Waals surface area contributed by atoms with Crippen LogP contribution in [0.15, 0.2) is 61.2 Å². The van der Waals surface area contributed by atoms with E-state index in [1.54, 1.807) is 0 Å². The molecular formula is C16H15N5O3. The highest BCUT2D eigenvalue weighted by molar-refractivity contribution is 5.75. The summed E-state index contributed by atoms with van der Waals surface area (Å²) in [5.74, 6) is -0.262. The Labute approximate surface area is 137 Å². The molecule has 0 aliphatic heterocycles. The highest BCUT2D eigenvalue weighted by Gasteiger charge is 2.11. The summed E-state index contributed by atoms with van der Waals surface area (Å²) in [6.07, 6.45) is 6.26. The van der Waals surface area contributed by atoms with Crippen LogP contribution in [-0.2, 0) is 17.9 Å². The number of nitro groups is 1. The van der Waals surface area contributed by atoms with Crippen LogP contribution in [-0.4, -0.2) is 25.2 Å². The zero-order chi connectivity index (χ0) is 16.9. The van der Waals surface area contributed by atoms with E-state index in [4.69, 9.17) is 0 Å². The third-order valence-electron chi connectivity index (χ3n) is 3.46. The molecular weight excluding hydrogens is 310 g/mol. The lowest BCUT2D eigenvalue weighted by Gasteiger charge is -2.07. The Hall–Kier alpha value is -3.42. The Bertz CT molecular complexity index is 837. The van der Waals surface area contributed by atoms with E-state index in [1.165, 1.54) is 10.9 Å². The molecule has 0 aliphatic carbocycles. The second kappa shape index (κ2) is 6.78. The average molecular weight is 325 g/mol. The molecule has 0 fully saturated rings. The first-order chi connectivity index (χ1) is 11.6. The van der Waals surface area contributed by atoms with E-state index in [9.17, 15) is 14.9 Å². The van der Waals surface area contributed by atoms with Gasteiger partial charge < -0.3 is 9.88 Å². The minimum atomic E-state index is -0.548. The molecule has 8 heteroatoms. The van der Waals surface area contributed by atoms with Crippen LogP contribution in [0.2, 0.25) is 0 Å². The molecule has 122 valence electrons. The Morgan fingerprint density at radius 3 is 2.54 bits per heavy atom. The minimum Gasteiger partial charge on any atom is -0.350 e. The van der Waals surface area contributed by atoms with Crippen molar-refractivity contribution in [2.45, 2.75) is 13.1 Å². The predicted octanol–water partition coefficient (Wildman–Crippen LogP) is 1.90. The van der Waals surface area contributed by atoms with Crippen molar-refractivity contribution in [3.63, 3.8) is 0 Å². The lowest BCUT2D eigenvalue weighted by atomic mass is 10.2. The molecule has 0 aliphatic rings. The molecule has 1 amide bonds. The number of carbonyl (C=O) groups excluding carboxylic acids is 1. The number of nitrogens with zero attached hydrogens (tertiary/aromatic N) is 4. The van der Waals surface area contributed by atoms with Crippen LogP contribution in [0.5, 0.6) is 0 Å². The number of rotatable bonds is 6. The third-order valence-corrected chi connectivity index (χ3v) is 3.46. The molecule has 3 rings (SSSR count). The van der Waals surface area contributed by atoms with Crippen molar-refractivity contribution in [2.24, 2.45) is 0 Å². The number of benzene rings is 1. The molecule has 0 unspecified atom stereocenters. The number of carbonyl (C=O) groups is 1. The summed E-state index contributed by atoms with van der Waals surface area (Å²) in [4.78, 5) is 21.9. The highest BCUT2D eigenvalue weighted by Crippen LogP contribution is 2.10. The van der Waals surface area contributed by atoms with Gasteiger partial charge in [-0.15, -0.1) is 0 Å². The van der Waals surface area contributed by atoms with Gasteiger partial charge >= 0.3 is 5.69 Å². The molecule has 0 radical (unpaired) electrons. The largest absolute Gasteiger partial charge is 0.350 e. The molecule has 2 heterocycles. The van der Waals surface area contributed by atoms with Crippen LogP contribution in [0.3, 0.4) is 0 Å². The first-order valence-electron chi connectivity index (χ1n) is 7.27. The summed E-state index contributed by atoms with van der Waals surface area (Å²) in [6, 6.07) is 11.7. The number of hydrogen-bond acceptors (Lipinski definition) is 4. The molecule has 1 N–H and O–H groups in total. The fourth-order valence-corrected chi connectivity index (χ4v) is 2.23. The maximum Gasteiger partial charge on any atom is 0.307 e. The van der Waals surface area contributed by atoms with Gasteiger partial charge in [0, 0.05) is 24.6 Å². The van der Waals surface area contributed by atoms with Gasteiger partial charge in [-0.3, -0.25) is 19.6 Å². The Morgan fingerprint density at radius 1 is 1.21 bits per heavy atom. The van der Waals surface area contributed by atoms with Crippen LogP contribution in [0.4, 0.5) is 5.69 Å². The monoisotopic (exact) mass is 325 g/mol. The van der Waals surface area contributed by atoms with E-state index >= 15 is 0 Å². The summed E-state index contributed by atoms with van der Waals surface area (Å²) >= 11 is 0. The lowest BCUT2D eigenvalue weighted by Crippen LogP contribution is -2.27. The van der Waals surface area contributed by atoms with Crippen molar-refractivity contribution < 1.29 is 9.72 Å². The topological polar surface area (TPSA) is 95.0 Å². The van der Waals surface area contributed by atoms with E-state index in [0.717, 1.165) is 17.4 Å². The van der Waals surface area contributed by atoms with Crippen LogP contribution >= 0.6 is 0 Å². The van der Waals surface area contributed by atoms with Gasteiger partial charge in [0.2, 0.25) is 5.91 Å². The van der Waals surface area contributed by atoms with Crippen LogP contribution in [0.1, 0.15) is 5.56 Å². The molecule has 24 heavy (non-hydrogen) atoms. The standard InChI is InChI=1S/C16H15N5O3/c22-16(12-20-11-15(10-18-20)21(23)24)17-9-13-3-5-14(6-4-13)19-7-1-2-8-19/h1-8,10-11H,9,12H2,(H,17,22).